The van der Waals surface area contributed by atoms with Crippen LogP contribution in [0.1, 0.15) is 51.0 Å². The molecule has 1 fully saturated rings. The molecule has 0 radical (unpaired) electrons. The maximum Gasteiger partial charge on any atom is 0.166 e. The van der Waals surface area contributed by atoms with Crippen LogP contribution in [-0.4, -0.2) is 6.61 Å². The molecule has 0 amide bonds. The molecule has 1 aliphatic carbocycles. The molecule has 0 heterocycles. The third kappa shape index (κ3) is 4.23. The Hall–Kier alpha value is -1.56. The van der Waals surface area contributed by atoms with Crippen LogP contribution in [-0.2, 0) is 0 Å². The summed E-state index contributed by atoms with van der Waals surface area (Å²) >= 11 is 0. The summed E-state index contributed by atoms with van der Waals surface area (Å²) in [6.45, 7) is 2.88. The molecule has 3 heteroatoms. The molecule has 0 atom stereocenters. The Labute approximate surface area is 120 Å². The van der Waals surface area contributed by atoms with Crippen LogP contribution in [0, 0.1) is 29.0 Å². The van der Waals surface area contributed by atoms with Gasteiger partial charge in [-0.2, -0.15) is 5.26 Å². The van der Waals surface area contributed by atoms with E-state index in [1.54, 1.807) is 6.07 Å². The number of hydrogen-bond donors (Lipinski definition) is 0. The van der Waals surface area contributed by atoms with E-state index in [2.05, 4.69) is 6.92 Å². The zero-order valence-electron chi connectivity index (χ0n) is 12.1. The summed E-state index contributed by atoms with van der Waals surface area (Å²) in [6, 6.07) is 6.26. The van der Waals surface area contributed by atoms with E-state index in [-0.39, 0.29) is 5.75 Å². The van der Waals surface area contributed by atoms with Gasteiger partial charge in [0.2, 0.25) is 0 Å². The molecule has 2 rings (SSSR count). The maximum absolute atomic E-state index is 13.6. The number of benzene rings is 1. The fraction of sp³-hybridized carbons (Fsp3) is 0.588. The number of nitrogens with zero attached hydrogens (tertiary/aromatic N) is 1. The molecule has 0 saturated heterocycles. The van der Waals surface area contributed by atoms with Gasteiger partial charge >= 0.3 is 0 Å². The Bertz CT molecular complexity index is 472. The molecule has 108 valence electrons. The molecular weight excluding hydrogens is 253 g/mol. The fourth-order valence-corrected chi connectivity index (χ4v) is 2.86. The van der Waals surface area contributed by atoms with E-state index in [0.717, 1.165) is 18.3 Å². The highest BCUT2D eigenvalue weighted by molar-refractivity contribution is 5.35. The Kier molecular flexibility index (Phi) is 5.40. The van der Waals surface area contributed by atoms with Crippen molar-refractivity contribution in [2.75, 3.05) is 6.61 Å². The van der Waals surface area contributed by atoms with Crippen molar-refractivity contribution in [1.29, 1.82) is 5.26 Å². The minimum atomic E-state index is -0.449. The van der Waals surface area contributed by atoms with Gasteiger partial charge in [0.1, 0.15) is 0 Å². The molecule has 1 aromatic rings. The SMILES string of the molecule is C[C@H]1CC[C@H](CCCOc2ccc(C#N)cc2F)CC1. The van der Waals surface area contributed by atoms with Gasteiger partial charge in [-0.15, -0.1) is 0 Å². The maximum atomic E-state index is 13.6. The highest BCUT2D eigenvalue weighted by Crippen LogP contribution is 2.31. The molecule has 1 aromatic carbocycles. The summed E-state index contributed by atoms with van der Waals surface area (Å²) in [5, 5.41) is 8.67. The predicted molar refractivity (Wildman–Crippen MR) is 77.0 cm³/mol. The minimum absolute atomic E-state index is 0.251. The number of ether oxygens (including phenoxy) is 1. The van der Waals surface area contributed by atoms with Crippen molar-refractivity contribution in [1.82, 2.24) is 0 Å². The van der Waals surface area contributed by atoms with Crippen molar-refractivity contribution in [2.24, 2.45) is 11.8 Å². The molecule has 0 aromatic heterocycles. The Morgan fingerprint density at radius 2 is 2.05 bits per heavy atom. The fourth-order valence-electron chi connectivity index (χ4n) is 2.86. The van der Waals surface area contributed by atoms with Gasteiger partial charge in [-0.3, -0.25) is 0 Å². The molecule has 0 spiro atoms. The van der Waals surface area contributed by atoms with Crippen molar-refractivity contribution in [3.8, 4) is 11.8 Å². The first kappa shape index (κ1) is 14.8. The summed E-state index contributed by atoms with van der Waals surface area (Å²) < 4.78 is 19.1. The largest absolute Gasteiger partial charge is 0.491 e. The van der Waals surface area contributed by atoms with E-state index in [1.165, 1.54) is 44.2 Å². The molecule has 20 heavy (non-hydrogen) atoms. The molecule has 0 aliphatic heterocycles. The van der Waals surface area contributed by atoms with E-state index < -0.39 is 5.82 Å². The quantitative estimate of drug-likeness (QED) is 0.731. The monoisotopic (exact) mass is 275 g/mol. The Morgan fingerprint density at radius 1 is 1.30 bits per heavy atom. The van der Waals surface area contributed by atoms with E-state index in [9.17, 15) is 4.39 Å². The Morgan fingerprint density at radius 3 is 2.70 bits per heavy atom. The summed E-state index contributed by atoms with van der Waals surface area (Å²) in [5.74, 6) is 1.51. The molecule has 1 aliphatic rings. The van der Waals surface area contributed by atoms with Gasteiger partial charge in [-0.25, -0.2) is 4.39 Å². The van der Waals surface area contributed by atoms with Crippen LogP contribution in [0.3, 0.4) is 0 Å². The van der Waals surface area contributed by atoms with Gasteiger partial charge < -0.3 is 4.74 Å². The summed E-state index contributed by atoms with van der Waals surface area (Å²) in [7, 11) is 0. The average Bonchev–Trinajstić information content (AvgIpc) is 2.46. The van der Waals surface area contributed by atoms with Crippen LogP contribution in [0.5, 0.6) is 5.75 Å². The van der Waals surface area contributed by atoms with Crippen LogP contribution < -0.4 is 4.74 Å². The van der Waals surface area contributed by atoms with E-state index >= 15 is 0 Å². The van der Waals surface area contributed by atoms with Crippen molar-refractivity contribution in [3.05, 3.63) is 29.6 Å². The lowest BCUT2D eigenvalue weighted by Gasteiger charge is -2.25. The molecule has 2 nitrogen and oxygen atoms in total. The summed E-state index contributed by atoms with van der Waals surface area (Å²) in [5.41, 5.74) is 0.325. The normalized spacial score (nSPS) is 22.2. The zero-order chi connectivity index (χ0) is 14.4. The first-order chi connectivity index (χ1) is 9.69. The highest BCUT2D eigenvalue weighted by Gasteiger charge is 2.17. The summed E-state index contributed by atoms with van der Waals surface area (Å²) in [4.78, 5) is 0. The van der Waals surface area contributed by atoms with Crippen molar-refractivity contribution < 1.29 is 9.13 Å². The molecular formula is C17H22FNO. The van der Waals surface area contributed by atoms with Crippen molar-refractivity contribution in [2.45, 2.75) is 45.4 Å². The van der Waals surface area contributed by atoms with Gasteiger partial charge in [-0.05, 0) is 42.9 Å². The van der Waals surface area contributed by atoms with Gasteiger partial charge in [0.05, 0.1) is 18.2 Å². The first-order valence-electron chi connectivity index (χ1n) is 7.51. The van der Waals surface area contributed by atoms with Crippen LogP contribution in [0.4, 0.5) is 4.39 Å². The van der Waals surface area contributed by atoms with Gasteiger partial charge in [0.15, 0.2) is 11.6 Å². The number of hydrogen-bond acceptors (Lipinski definition) is 2. The van der Waals surface area contributed by atoms with E-state index in [4.69, 9.17) is 10.00 Å². The van der Waals surface area contributed by atoms with Crippen LogP contribution in [0.15, 0.2) is 18.2 Å². The summed E-state index contributed by atoms with van der Waals surface area (Å²) in [6.07, 6.45) is 7.48. The molecule has 0 unspecified atom stereocenters. The lowest BCUT2D eigenvalue weighted by molar-refractivity contribution is 0.240. The lowest BCUT2D eigenvalue weighted by atomic mass is 9.81. The molecule has 0 bridgehead atoms. The third-order valence-electron chi connectivity index (χ3n) is 4.21. The smallest absolute Gasteiger partial charge is 0.166 e. The lowest BCUT2D eigenvalue weighted by Crippen LogP contribution is -2.13. The highest BCUT2D eigenvalue weighted by atomic mass is 19.1. The topological polar surface area (TPSA) is 33.0 Å². The van der Waals surface area contributed by atoms with Gasteiger partial charge in [-0.1, -0.05) is 32.6 Å². The zero-order valence-corrected chi connectivity index (χ0v) is 12.1. The van der Waals surface area contributed by atoms with Crippen molar-refractivity contribution >= 4 is 0 Å². The average molecular weight is 275 g/mol. The number of nitriles is 1. The molecule has 1 saturated carbocycles. The van der Waals surface area contributed by atoms with Gasteiger partial charge in [0.25, 0.3) is 0 Å². The third-order valence-corrected chi connectivity index (χ3v) is 4.21. The second-order valence-corrected chi connectivity index (χ2v) is 5.87. The van der Waals surface area contributed by atoms with Crippen LogP contribution in [0.25, 0.3) is 0 Å². The van der Waals surface area contributed by atoms with Gasteiger partial charge in [0, 0.05) is 0 Å². The Balaban J connectivity index is 1.70. The van der Waals surface area contributed by atoms with Crippen LogP contribution in [0.2, 0.25) is 0 Å². The predicted octanol–water partition coefficient (Wildman–Crippen LogP) is 4.68. The second kappa shape index (κ2) is 7.28. The minimum Gasteiger partial charge on any atom is -0.491 e. The second-order valence-electron chi connectivity index (χ2n) is 5.87. The van der Waals surface area contributed by atoms with Crippen molar-refractivity contribution in [3.63, 3.8) is 0 Å². The molecule has 0 N–H and O–H groups in total. The first-order valence-corrected chi connectivity index (χ1v) is 7.51. The van der Waals surface area contributed by atoms with E-state index in [1.807, 2.05) is 6.07 Å². The standard InChI is InChI=1S/C17H22FNO/c1-13-4-6-14(7-5-13)3-2-10-20-17-9-8-15(12-19)11-16(17)18/h8-9,11,13-14H,2-7,10H2,1H3/t13-,14-. The van der Waals surface area contributed by atoms with Crippen LogP contribution >= 0.6 is 0 Å². The van der Waals surface area contributed by atoms with E-state index in [0.29, 0.717) is 12.2 Å². The number of rotatable bonds is 5. The number of halogens is 1.